The molecule has 2 rings (SSSR count). The monoisotopic (exact) mass is 255 g/mol. The number of hydrogen-bond acceptors (Lipinski definition) is 4. The van der Waals surface area contributed by atoms with Gasteiger partial charge in [0, 0.05) is 6.42 Å². The van der Waals surface area contributed by atoms with Gasteiger partial charge in [-0.3, -0.25) is 4.79 Å². The highest BCUT2D eigenvalue weighted by molar-refractivity contribution is 7.91. The molecule has 0 aliphatic carbocycles. The fourth-order valence-corrected chi connectivity index (χ4v) is 2.98. The lowest BCUT2D eigenvalue weighted by Gasteiger charge is -2.07. The molecule has 6 nitrogen and oxygen atoms in total. The summed E-state index contributed by atoms with van der Waals surface area (Å²) in [5, 5.41) is 11.2. The number of carboxylic acid groups (broad SMARTS) is 1. The van der Waals surface area contributed by atoms with Gasteiger partial charge in [-0.05, 0) is 18.2 Å². The van der Waals surface area contributed by atoms with Gasteiger partial charge in [0.15, 0.2) is 9.84 Å². The molecule has 0 radical (unpaired) electrons. The molecule has 1 aliphatic rings. The Morgan fingerprint density at radius 1 is 1.35 bits per heavy atom. The summed E-state index contributed by atoms with van der Waals surface area (Å²) in [5.41, 5.74) is -0.0337. The van der Waals surface area contributed by atoms with E-state index in [2.05, 4.69) is 5.32 Å². The van der Waals surface area contributed by atoms with Gasteiger partial charge in [-0.2, -0.15) is 0 Å². The quantitative estimate of drug-likeness (QED) is 0.761. The second kappa shape index (κ2) is 3.85. The zero-order valence-electron chi connectivity index (χ0n) is 8.63. The third-order valence-electron chi connectivity index (χ3n) is 2.43. The average Bonchev–Trinajstić information content (AvgIpc) is 2.36. The van der Waals surface area contributed by atoms with Crippen LogP contribution in [0.1, 0.15) is 16.8 Å². The van der Waals surface area contributed by atoms with Gasteiger partial charge in [-0.25, -0.2) is 13.2 Å². The Bertz CT molecular complexity index is 605. The normalized spacial score (nSPS) is 17.8. The molecule has 0 saturated heterocycles. The van der Waals surface area contributed by atoms with E-state index in [1.165, 1.54) is 12.1 Å². The first-order chi connectivity index (χ1) is 7.90. The first kappa shape index (κ1) is 11.6. The zero-order chi connectivity index (χ0) is 12.6. The maximum absolute atomic E-state index is 11.8. The number of hydrogen-bond donors (Lipinski definition) is 2. The van der Waals surface area contributed by atoms with Crippen LogP contribution in [-0.4, -0.2) is 31.2 Å². The first-order valence-corrected chi connectivity index (χ1v) is 6.45. The summed E-state index contributed by atoms with van der Waals surface area (Å²) in [6.07, 6.45) is -0.126. The van der Waals surface area contributed by atoms with Crippen LogP contribution in [0.4, 0.5) is 5.69 Å². The number of aromatic carboxylic acids is 1. The number of sulfone groups is 1. The predicted octanol–water partition coefficient (Wildman–Crippen LogP) is 0.501. The third kappa shape index (κ3) is 2.14. The summed E-state index contributed by atoms with van der Waals surface area (Å²) < 4.78 is 23.6. The van der Waals surface area contributed by atoms with Gasteiger partial charge < -0.3 is 10.4 Å². The van der Waals surface area contributed by atoms with E-state index < -0.39 is 21.7 Å². The van der Waals surface area contributed by atoms with Gasteiger partial charge in [0.1, 0.15) is 0 Å². The Kier molecular flexibility index (Phi) is 2.62. The second-order valence-electron chi connectivity index (χ2n) is 3.63. The number of benzene rings is 1. The van der Waals surface area contributed by atoms with Crippen molar-refractivity contribution in [1.82, 2.24) is 0 Å². The van der Waals surface area contributed by atoms with Gasteiger partial charge in [-0.1, -0.05) is 0 Å². The molecule has 2 N–H and O–H groups in total. The molecule has 0 unspecified atom stereocenters. The smallest absolute Gasteiger partial charge is 0.335 e. The molecule has 0 fully saturated rings. The van der Waals surface area contributed by atoms with Crippen molar-refractivity contribution in [2.75, 3.05) is 11.1 Å². The van der Waals surface area contributed by atoms with E-state index in [0.717, 1.165) is 6.07 Å². The first-order valence-electron chi connectivity index (χ1n) is 4.80. The Hall–Kier alpha value is -1.89. The van der Waals surface area contributed by atoms with Crippen molar-refractivity contribution in [3.63, 3.8) is 0 Å². The fourth-order valence-electron chi connectivity index (χ4n) is 1.58. The minimum atomic E-state index is -3.53. The Morgan fingerprint density at radius 3 is 2.71 bits per heavy atom. The highest BCUT2D eigenvalue weighted by atomic mass is 32.2. The van der Waals surface area contributed by atoms with E-state index in [4.69, 9.17) is 5.11 Å². The standard InChI is InChI=1S/C10H9NO5S/c12-9-3-4-17(15,16)8-2-1-6(10(13)14)5-7(8)11-9/h1-2,5H,3-4H2,(H,11,12)(H,13,14). The topological polar surface area (TPSA) is 101 Å². The number of carbonyl (C=O) groups is 2. The maximum atomic E-state index is 11.8. The van der Waals surface area contributed by atoms with Crippen LogP contribution < -0.4 is 5.32 Å². The number of anilines is 1. The number of carboxylic acids is 1. The lowest BCUT2D eigenvalue weighted by molar-refractivity contribution is -0.115. The molecule has 1 aromatic carbocycles. The molecule has 1 amide bonds. The van der Waals surface area contributed by atoms with Gasteiger partial charge in [0.25, 0.3) is 0 Å². The van der Waals surface area contributed by atoms with E-state index in [0.29, 0.717) is 0 Å². The maximum Gasteiger partial charge on any atom is 0.335 e. The molecular weight excluding hydrogens is 246 g/mol. The highest BCUT2D eigenvalue weighted by Crippen LogP contribution is 2.27. The molecule has 1 heterocycles. The second-order valence-corrected chi connectivity index (χ2v) is 5.71. The fraction of sp³-hybridized carbons (Fsp3) is 0.200. The van der Waals surface area contributed by atoms with Crippen LogP contribution in [0.2, 0.25) is 0 Å². The van der Waals surface area contributed by atoms with Crippen molar-refractivity contribution >= 4 is 27.4 Å². The van der Waals surface area contributed by atoms with E-state index in [9.17, 15) is 18.0 Å². The molecule has 0 bridgehead atoms. The van der Waals surface area contributed by atoms with Crippen LogP contribution >= 0.6 is 0 Å². The summed E-state index contributed by atoms with van der Waals surface area (Å²) >= 11 is 0. The summed E-state index contributed by atoms with van der Waals surface area (Å²) in [6.45, 7) is 0. The van der Waals surface area contributed by atoms with Crippen LogP contribution in [0, 0.1) is 0 Å². The molecule has 1 aromatic rings. The zero-order valence-corrected chi connectivity index (χ0v) is 9.45. The average molecular weight is 255 g/mol. The largest absolute Gasteiger partial charge is 0.478 e. The molecule has 17 heavy (non-hydrogen) atoms. The Balaban J connectivity index is 2.63. The third-order valence-corrected chi connectivity index (χ3v) is 4.20. The van der Waals surface area contributed by atoms with E-state index in [1.54, 1.807) is 0 Å². The summed E-state index contributed by atoms with van der Waals surface area (Å²) in [6, 6.07) is 3.56. The molecule has 0 atom stereocenters. The van der Waals surface area contributed by atoms with Gasteiger partial charge in [0.2, 0.25) is 5.91 Å². The number of nitrogens with one attached hydrogen (secondary N) is 1. The SMILES string of the molecule is O=C1CCS(=O)(=O)c2ccc(C(=O)O)cc2N1. The lowest BCUT2D eigenvalue weighted by Crippen LogP contribution is -2.11. The molecular formula is C10H9NO5S. The van der Waals surface area contributed by atoms with Crippen LogP contribution in [0.3, 0.4) is 0 Å². The molecule has 7 heteroatoms. The minimum absolute atomic E-state index is 0.0339. The molecule has 0 aromatic heterocycles. The number of rotatable bonds is 1. The Morgan fingerprint density at radius 2 is 2.06 bits per heavy atom. The van der Waals surface area contributed by atoms with E-state index >= 15 is 0 Å². The Labute approximate surface area is 97.2 Å². The van der Waals surface area contributed by atoms with Crippen LogP contribution in [0.25, 0.3) is 0 Å². The van der Waals surface area contributed by atoms with Crippen molar-refractivity contribution in [3.8, 4) is 0 Å². The number of carbonyl (C=O) groups excluding carboxylic acids is 1. The highest BCUT2D eigenvalue weighted by Gasteiger charge is 2.25. The molecule has 1 aliphatic heterocycles. The minimum Gasteiger partial charge on any atom is -0.478 e. The van der Waals surface area contributed by atoms with Gasteiger partial charge in [-0.15, -0.1) is 0 Å². The molecule has 0 spiro atoms. The van der Waals surface area contributed by atoms with Crippen LogP contribution in [0.15, 0.2) is 23.1 Å². The lowest BCUT2D eigenvalue weighted by atomic mass is 10.2. The summed E-state index contributed by atoms with van der Waals surface area (Å²) in [5.74, 6) is -1.88. The summed E-state index contributed by atoms with van der Waals surface area (Å²) in [4.78, 5) is 22.0. The van der Waals surface area contributed by atoms with E-state index in [-0.39, 0.29) is 28.3 Å². The number of amides is 1. The summed E-state index contributed by atoms with van der Waals surface area (Å²) in [7, 11) is -3.53. The van der Waals surface area contributed by atoms with Crippen LogP contribution in [0.5, 0.6) is 0 Å². The van der Waals surface area contributed by atoms with Crippen molar-refractivity contribution in [2.45, 2.75) is 11.3 Å². The van der Waals surface area contributed by atoms with Gasteiger partial charge in [0.05, 0.1) is 21.9 Å². The van der Waals surface area contributed by atoms with Crippen LogP contribution in [-0.2, 0) is 14.6 Å². The molecule has 0 saturated carbocycles. The van der Waals surface area contributed by atoms with Crippen molar-refractivity contribution in [2.24, 2.45) is 0 Å². The van der Waals surface area contributed by atoms with Crippen molar-refractivity contribution < 1.29 is 23.1 Å². The molecule has 90 valence electrons. The van der Waals surface area contributed by atoms with Crippen molar-refractivity contribution in [1.29, 1.82) is 0 Å². The predicted molar refractivity (Wildman–Crippen MR) is 58.7 cm³/mol. The van der Waals surface area contributed by atoms with Gasteiger partial charge >= 0.3 is 5.97 Å². The number of fused-ring (bicyclic) bond motifs is 1. The van der Waals surface area contributed by atoms with E-state index in [1.807, 2.05) is 0 Å². The van der Waals surface area contributed by atoms with Crippen molar-refractivity contribution in [3.05, 3.63) is 23.8 Å².